The molecule has 0 saturated heterocycles. The zero-order chi connectivity index (χ0) is 12.4. The normalized spacial score (nSPS) is 14.1. The Morgan fingerprint density at radius 1 is 0.875 bits per heavy atom. The molecular weight excluding hydrogens is 242 g/mol. The van der Waals surface area contributed by atoms with Gasteiger partial charge in [-0.25, -0.2) is 0 Å². The molecule has 0 aliphatic heterocycles. The SMILES string of the molecule is CCC[O][Ti]([O]CCC)([O]CCC)[CH](C)N. The van der Waals surface area contributed by atoms with E-state index in [1.54, 1.807) is 0 Å². The van der Waals surface area contributed by atoms with Crippen molar-refractivity contribution >= 4 is 0 Å². The van der Waals surface area contributed by atoms with Gasteiger partial charge in [0.15, 0.2) is 0 Å². The first-order chi connectivity index (χ1) is 7.63. The van der Waals surface area contributed by atoms with Crippen LogP contribution in [0, 0.1) is 0 Å². The molecule has 0 rings (SSSR count). The van der Waals surface area contributed by atoms with Gasteiger partial charge in [0, 0.05) is 0 Å². The van der Waals surface area contributed by atoms with E-state index in [2.05, 4.69) is 20.8 Å². The van der Waals surface area contributed by atoms with E-state index in [4.69, 9.17) is 15.7 Å². The van der Waals surface area contributed by atoms with Crippen molar-refractivity contribution in [1.82, 2.24) is 0 Å². The van der Waals surface area contributed by atoms with E-state index >= 15 is 0 Å². The number of hydrogen-bond donors (Lipinski definition) is 1. The van der Waals surface area contributed by atoms with Gasteiger partial charge in [0.25, 0.3) is 0 Å². The summed E-state index contributed by atoms with van der Waals surface area (Å²) in [4.78, 5) is 0. The molecule has 1 unspecified atom stereocenters. The monoisotopic (exact) mass is 269 g/mol. The summed E-state index contributed by atoms with van der Waals surface area (Å²) in [6.45, 7) is 10.2. The zero-order valence-corrected chi connectivity index (χ0v) is 12.7. The van der Waals surface area contributed by atoms with E-state index in [1.807, 2.05) is 6.92 Å². The van der Waals surface area contributed by atoms with Crippen molar-refractivity contribution in [3.63, 3.8) is 0 Å². The van der Waals surface area contributed by atoms with Crippen LogP contribution in [0.15, 0.2) is 0 Å². The topological polar surface area (TPSA) is 53.7 Å². The van der Waals surface area contributed by atoms with E-state index in [0.29, 0.717) is 19.8 Å². The summed E-state index contributed by atoms with van der Waals surface area (Å²) < 4.78 is 17.5. The fourth-order valence-electron chi connectivity index (χ4n) is 1.25. The molecule has 0 fully saturated rings. The molecule has 5 heteroatoms. The van der Waals surface area contributed by atoms with Crippen LogP contribution in [-0.4, -0.2) is 24.2 Å². The summed E-state index contributed by atoms with van der Waals surface area (Å²) in [5.41, 5.74) is 6.00. The van der Waals surface area contributed by atoms with Crippen molar-refractivity contribution < 1.29 is 27.7 Å². The fraction of sp³-hybridized carbons (Fsp3) is 1.00. The van der Waals surface area contributed by atoms with Gasteiger partial charge in [-0.3, -0.25) is 0 Å². The average molecular weight is 269 g/mol. The molecule has 0 saturated carbocycles. The zero-order valence-electron chi connectivity index (χ0n) is 11.1. The minimum absolute atomic E-state index is 0.121. The second-order valence-corrected chi connectivity index (χ2v) is 8.60. The van der Waals surface area contributed by atoms with Crippen LogP contribution >= 0.6 is 0 Å². The van der Waals surface area contributed by atoms with E-state index < -0.39 is 17.8 Å². The molecule has 2 N–H and O–H groups in total. The van der Waals surface area contributed by atoms with Crippen molar-refractivity contribution in [2.24, 2.45) is 5.73 Å². The summed E-state index contributed by atoms with van der Waals surface area (Å²) in [5.74, 6) is 0. The molecule has 0 aromatic heterocycles. The molecule has 0 amide bonds. The summed E-state index contributed by atoms with van der Waals surface area (Å²) >= 11 is -3.21. The van der Waals surface area contributed by atoms with Gasteiger partial charge in [-0.1, -0.05) is 0 Å². The fourth-order valence-corrected chi connectivity index (χ4v) is 5.16. The van der Waals surface area contributed by atoms with Crippen LogP contribution in [0.25, 0.3) is 0 Å². The van der Waals surface area contributed by atoms with Crippen LogP contribution in [0.1, 0.15) is 47.0 Å². The van der Waals surface area contributed by atoms with Gasteiger partial charge in [-0.15, -0.1) is 0 Å². The maximum atomic E-state index is 6.00. The van der Waals surface area contributed by atoms with E-state index in [-0.39, 0.29) is 4.35 Å². The molecule has 0 aromatic carbocycles. The van der Waals surface area contributed by atoms with Crippen LogP contribution in [-0.2, 0) is 27.7 Å². The standard InChI is InChI=1S/3C3H7O.C2H6N.Ti/c3*1-2-3-4;1-2-3;/h3*2-3H2,1H3;2H,3H2,1H3;/q3*-1;;+3. The Morgan fingerprint density at radius 3 is 1.38 bits per heavy atom. The molecule has 0 aliphatic carbocycles. The summed E-state index contributed by atoms with van der Waals surface area (Å²) in [5, 5.41) is 0. The summed E-state index contributed by atoms with van der Waals surface area (Å²) in [7, 11) is 0. The Hall–Kier alpha value is 0.554. The van der Waals surface area contributed by atoms with Gasteiger partial charge in [0.05, 0.1) is 0 Å². The molecule has 16 heavy (non-hydrogen) atoms. The first kappa shape index (κ1) is 16.6. The van der Waals surface area contributed by atoms with Crippen molar-refractivity contribution in [3.05, 3.63) is 0 Å². The third-order valence-electron chi connectivity index (χ3n) is 2.08. The first-order valence-electron chi connectivity index (χ1n) is 6.30. The Balaban J connectivity index is 4.46. The molecule has 1 atom stereocenters. The molecule has 0 aliphatic rings. The van der Waals surface area contributed by atoms with Gasteiger partial charge >= 0.3 is 105 Å². The van der Waals surface area contributed by atoms with Gasteiger partial charge in [-0.2, -0.15) is 0 Å². The third kappa shape index (κ3) is 5.76. The number of rotatable bonds is 10. The van der Waals surface area contributed by atoms with E-state index in [1.165, 1.54) is 0 Å². The average Bonchev–Trinajstić information content (AvgIpc) is 2.28. The summed E-state index contributed by atoms with van der Waals surface area (Å²) in [6, 6.07) is 0. The first-order valence-corrected chi connectivity index (χ1v) is 9.11. The number of nitrogens with two attached hydrogens (primary N) is 1. The third-order valence-corrected chi connectivity index (χ3v) is 6.66. The van der Waals surface area contributed by atoms with Crippen molar-refractivity contribution in [3.8, 4) is 0 Å². The minimum atomic E-state index is -3.21. The quantitative estimate of drug-likeness (QED) is 0.619. The van der Waals surface area contributed by atoms with Crippen molar-refractivity contribution in [2.45, 2.75) is 51.3 Å². The van der Waals surface area contributed by atoms with Gasteiger partial charge < -0.3 is 0 Å². The Bertz CT molecular complexity index is 146. The Kier molecular flexibility index (Phi) is 9.90. The molecular formula is C11H27NO3Ti. The van der Waals surface area contributed by atoms with Gasteiger partial charge in [-0.05, 0) is 0 Å². The molecule has 0 radical (unpaired) electrons. The van der Waals surface area contributed by atoms with Crippen molar-refractivity contribution in [2.75, 3.05) is 19.8 Å². The van der Waals surface area contributed by atoms with Crippen LogP contribution < -0.4 is 5.73 Å². The maximum absolute atomic E-state index is 6.00. The van der Waals surface area contributed by atoms with E-state index in [0.717, 1.165) is 19.3 Å². The predicted octanol–water partition coefficient (Wildman–Crippen LogP) is 2.47. The van der Waals surface area contributed by atoms with Crippen LogP contribution in [0.5, 0.6) is 0 Å². The molecule has 0 bridgehead atoms. The Labute approximate surface area is 105 Å². The van der Waals surface area contributed by atoms with Crippen molar-refractivity contribution in [1.29, 1.82) is 0 Å². The molecule has 0 spiro atoms. The number of hydrogen-bond acceptors (Lipinski definition) is 4. The second-order valence-electron chi connectivity index (χ2n) is 3.94. The van der Waals surface area contributed by atoms with Gasteiger partial charge in [0.1, 0.15) is 0 Å². The molecule has 0 aromatic rings. The summed E-state index contributed by atoms with van der Waals surface area (Å²) in [6.07, 6.45) is 2.89. The molecule has 0 heterocycles. The van der Waals surface area contributed by atoms with E-state index in [9.17, 15) is 0 Å². The predicted molar refractivity (Wildman–Crippen MR) is 62.4 cm³/mol. The van der Waals surface area contributed by atoms with Crippen LogP contribution in [0.4, 0.5) is 0 Å². The van der Waals surface area contributed by atoms with Crippen LogP contribution in [0.2, 0.25) is 0 Å². The molecule has 4 nitrogen and oxygen atoms in total. The second kappa shape index (κ2) is 9.57. The van der Waals surface area contributed by atoms with Crippen LogP contribution in [0.3, 0.4) is 0 Å². The van der Waals surface area contributed by atoms with Gasteiger partial charge in [0.2, 0.25) is 0 Å². The Morgan fingerprint density at radius 2 is 1.19 bits per heavy atom. The molecule has 98 valence electrons.